The van der Waals surface area contributed by atoms with Crippen LogP contribution in [0.1, 0.15) is 47.6 Å². The maximum Gasteiger partial charge on any atom is 0.315 e. The Bertz CT molecular complexity index is 798. The molecule has 2 heterocycles. The number of amides is 2. The normalized spacial score (nSPS) is 21.0. The first-order valence-electron chi connectivity index (χ1n) is 10.2. The number of aryl methyl sites for hydroxylation is 2. The number of furan rings is 1. The minimum atomic E-state index is -0.122. The summed E-state index contributed by atoms with van der Waals surface area (Å²) in [4.78, 5) is 15.0. The summed E-state index contributed by atoms with van der Waals surface area (Å²) in [6, 6.07) is 12.4. The molecule has 0 spiro atoms. The van der Waals surface area contributed by atoms with Gasteiger partial charge >= 0.3 is 6.03 Å². The number of nitrogens with one attached hydrogen (secondary N) is 2. The van der Waals surface area contributed by atoms with Crippen molar-refractivity contribution in [3.05, 3.63) is 59.0 Å². The van der Waals surface area contributed by atoms with Crippen molar-refractivity contribution in [1.82, 2.24) is 15.5 Å². The number of nitrogens with zero attached hydrogens (tertiary/aromatic N) is 1. The summed E-state index contributed by atoms with van der Waals surface area (Å²) in [5.74, 6) is 1.78. The van der Waals surface area contributed by atoms with Gasteiger partial charge in [-0.25, -0.2) is 4.79 Å². The van der Waals surface area contributed by atoms with Gasteiger partial charge in [0, 0.05) is 19.6 Å². The van der Waals surface area contributed by atoms with Crippen molar-refractivity contribution in [3.63, 3.8) is 0 Å². The smallest absolute Gasteiger partial charge is 0.315 e. The zero-order chi connectivity index (χ0) is 19.3. The van der Waals surface area contributed by atoms with Gasteiger partial charge in [0.2, 0.25) is 0 Å². The lowest BCUT2D eigenvalue weighted by molar-refractivity contribution is 0.0121. The van der Waals surface area contributed by atoms with E-state index in [0.29, 0.717) is 19.8 Å². The molecule has 2 aliphatic rings. The molecule has 1 aromatic carbocycles. The number of hydrogen-bond donors (Lipinski definition) is 2. The Morgan fingerprint density at radius 2 is 2.04 bits per heavy atom. The van der Waals surface area contributed by atoms with Crippen LogP contribution < -0.4 is 10.6 Å². The third-order valence-electron chi connectivity index (χ3n) is 5.71. The number of ether oxygens (including phenoxy) is 1. The second-order valence-corrected chi connectivity index (χ2v) is 7.61. The molecule has 0 radical (unpaired) electrons. The molecule has 6 nitrogen and oxygen atoms in total. The van der Waals surface area contributed by atoms with Crippen molar-refractivity contribution < 1.29 is 13.9 Å². The van der Waals surface area contributed by atoms with Crippen LogP contribution in [-0.4, -0.2) is 43.8 Å². The van der Waals surface area contributed by atoms with Crippen molar-refractivity contribution in [2.24, 2.45) is 0 Å². The van der Waals surface area contributed by atoms with Gasteiger partial charge in [-0.2, -0.15) is 0 Å². The van der Waals surface area contributed by atoms with E-state index in [1.165, 1.54) is 11.1 Å². The second-order valence-electron chi connectivity index (χ2n) is 7.61. The van der Waals surface area contributed by atoms with Crippen molar-refractivity contribution in [1.29, 1.82) is 0 Å². The van der Waals surface area contributed by atoms with Crippen molar-refractivity contribution in [3.8, 4) is 0 Å². The molecular weight excluding hydrogens is 354 g/mol. The Labute approximate surface area is 166 Å². The van der Waals surface area contributed by atoms with Gasteiger partial charge in [-0.1, -0.05) is 24.3 Å². The molecule has 2 unspecified atom stereocenters. The fraction of sp³-hybridized carbons (Fsp3) is 0.500. The van der Waals surface area contributed by atoms with Crippen LogP contribution in [0.25, 0.3) is 0 Å². The van der Waals surface area contributed by atoms with E-state index in [9.17, 15) is 4.79 Å². The van der Waals surface area contributed by atoms with Gasteiger partial charge in [-0.3, -0.25) is 4.90 Å². The van der Waals surface area contributed by atoms with Crippen molar-refractivity contribution in [2.75, 3.05) is 32.8 Å². The van der Waals surface area contributed by atoms with E-state index < -0.39 is 0 Å². The fourth-order valence-electron chi connectivity index (χ4n) is 4.23. The van der Waals surface area contributed by atoms with E-state index in [-0.39, 0.29) is 18.1 Å². The first-order valence-corrected chi connectivity index (χ1v) is 10.2. The van der Waals surface area contributed by atoms with Crippen LogP contribution in [-0.2, 0) is 11.2 Å². The highest BCUT2D eigenvalue weighted by Crippen LogP contribution is 2.29. The number of benzene rings is 1. The van der Waals surface area contributed by atoms with Gasteiger partial charge in [-0.05, 0) is 49.4 Å². The van der Waals surface area contributed by atoms with Crippen LogP contribution in [0.2, 0.25) is 0 Å². The van der Waals surface area contributed by atoms with Gasteiger partial charge in [0.15, 0.2) is 0 Å². The third kappa shape index (κ3) is 4.39. The summed E-state index contributed by atoms with van der Waals surface area (Å²) in [5.41, 5.74) is 2.59. The van der Waals surface area contributed by atoms with Gasteiger partial charge < -0.3 is 19.8 Å². The van der Waals surface area contributed by atoms with E-state index in [2.05, 4.69) is 33.7 Å². The SMILES string of the molecule is Cc1ccc(C(CNC(=O)NC2CCCc3ccccc32)N2CCOCC2)o1. The predicted octanol–water partition coefficient (Wildman–Crippen LogP) is 3.34. The molecule has 2 aromatic rings. The molecule has 150 valence electrons. The van der Waals surface area contributed by atoms with Crippen LogP contribution in [0.5, 0.6) is 0 Å². The maximum atomic E-state index is 12.6. The molecule has 1 fully saturated rings. The summed E-state index contributed by atoms with van der Waals surface area (Å²) in [7, 11) is 0. The number of hydrogen-bond acceptors (Lipinski definition) is 4. The largest absolute Gasteiger partial charge is 0.465 e. The van der Waals surface area contributed by atoms with E-state index in [4.69, 9.17) is 9.15 Å². The minimum Gasteiger partial charge on any atom is -0.465 e. The standard InChI is InChI=1S/C22H29N3O3/c1-16-9-10-21(28-16)20(25-11-13-27-14-12-25)15-23-22(26)24-19-8-4-6-17-5-2-3-7-18(17)19/h2-3,5,7,9-10,19-20H,4,6,8,11-15H2,1H3,(H2,23,24,26). The van der Waals surface area contributed by atoms with E-state index in [0.717, 1.165) is 43.9 Å². The lowest BCUT2D eigenvalue weighted by atomic mass is 9.88. The average molecular weight is 383 g/mol. The van der Waals surface area contributed by atoms with E-state index in [1.54, 1.807) is 0 Å². The Morgan fingerprint density at radius 3 is 2.82 bits per heavy atom. The van der Waals surface area contributed by atoms with E-state index >= 15 is 0 Å². The number of carbonyl (C=O) groups is 1. The number of urea groups is 1. The van der Waals surface area contributed by atoms with Gasteiger partial charge in [0.05, 0.1) is 25.3 Å². The Kier molecular flexibility index (Phi) is 5.98. The van der Waals surface area contributed by atoms with Crippen molar-refractivity contribution >= 4 is 6.03 Å². The van der Waals surface area contributed by atoms with Gasteiger partial charge in [0.25, 0.3) is 0 Å². The molecule has 2 N–H and O–H groups in total. The molecule has 2 atom stereocenters. The van der Waals surface area contributed by atoms with Crippen LogP contribution >= 0.6 is 0 Å². The number of rotatable bonds is 5. The number of morpholine rings is 1. The molecule has 1 saturated heterocycles. The molecule has 4 rings (SSSR count). The van der Waals surface area contributed by atoms with Crippen LogP contribution in [0, 0.1) is 6.92 Å². The summed E-state index contributed by atoms with van der Waals surface area (Å²) >= 11 is 0. The molecule has 6 heteroatoms. The van der Waals surface area contributed by atoms with Crippen LogP contribution in [0.4, 0.5) is 4.79 Å². The number of carbonyl (C=O) groups excluding carboxylic acids is 1. The zero-order valence-electron chi connectivity index (χ0n) is 16.4. The van der Waals surface area contributed by atoms with Crippen molar-refractivity contribution in [2.45, 2.75) is 38.3 Å². The molecule has 2 amide bonds. The quantitative estimate of drug-likeness (QED) is 0.831. The Morgan fingerprint density at radius 1 is 1.21 bits per heavy atom. The molecule has 28 heavy (non-hydrogen) atoms. The number of fused-ring (bicyclic) bond motifs is 1. The predicted molar refractivity (Wildman–Crippen MR) is 107 cm³/mol. The summed E-state index contributed by atoms with van der Waals surface area (Å²) in [5, 5.41) is 6.24. The van der Waals surface area contributed by atoms with Gasteiger partial charge in [0.1, 0.15) is 11.5 Å². The molecule has 0 saturated carbocycles. The second kappa shape index (κ2) is 8.80. The Balaban J connectivity index is 1.39. The molecule has 0 bridgehead atoms. The van der Waals surface area contributed by atoms with Gasteiger partial charge in [-0.15, -0.1) is 0 Å². The lowest BCUT2D eigenvalue weighted by Gasteiger charge is -2.33. The van der Waals surface area contributed by atoms with Crippen LogP contribution in [0.3, 0.4) is 0 Å². The fourth-order valence-corrected chi connectivity index (χ4v) is 4.23. The summed E-state index contributed by atoms with van der Waals surface area (Å²) in [6.45, 7) is 5.55. The highest BCUT2D eigenvalue weighted by molar-refractivity contribution is 5.74. The first-order chi connectivity index (χ1) is 13.7. The Hall–Kier alpha value is -2.31. The first kappa shape index (κ1) is 19.0. The topological polar surface area (TPSA) is 66.7 Å². The molecule has 1 aromatic heterocycles. The van der Waals surface area contributed by atoms with E-state index in [1.807, 2.05) is 25.1 Å². The maximum absolute atomic E-state index is 12.6. The molecular formula is C22H29N3O3. The lowest BCUT2D eigenvalue weighted by Crippen LogP contribution is -2.46. The highest BCUT2D eigenvalue weighted by atomic mass is 16.5. The highest BCUT2D eigenvalue weighted by Gasteiger charge is 2.27. The summed E-state index contributed by atoms with van der Waals surface area (Å²) < 4.78 is 11.4. The van der Waals surface area contributed by atoms with Crippen LogP contribution in [0.15, 0.2) is 40.8 Å². The monoisotopic (exact) mass is 383 g/mol. The zero-order valence-corrected chi connectivity index (χ0v) is 16.4. The minimum absolute atomic E-state index is 0.0157. The molecule has 1 aliphatic carbocycles. The summed E-state index contributed by atoms with van der Waals surface area (Å²) in [6.07, 6.45) is 3.17. The average Bonchev–Trinajstić information content (AvgIpc) is 3.15. The third-order valence-corrected chi connectivity index (χ3v) is 5.71. The molecule has 1 aliphatic heterocycles.